The molecule has 3 rings (SSSR count). The van der Waals surface area contributed by atoms with Gasteiger partial charge < -0.3 is 5.11 Å². The predicted molar refractivity (Wildman–Crippen MR) is 76.7 cm³/mol. The minimum absolute atomic E-state index is 0.0651. The molecule has 0 aromatic carbocycles. The number of carboxylic acids is 1. The molecule has 0 aromatic rings. The lowest BCUT2D eigenvalue weighted by Crippen LogP contribution is -2.53. The number of Topliss-reactive ketones (excluding diaryl/α,β-unsaturated/α-hetero) is 2. The number of fused-ring (bicyclic) bond motifs is 3. The molecule has 4 nitrogen and oxygen atoms in total. The summed E-state index contributed by atoms with van der Waals surface area (Å²) >= 11 is 0. The molecule has 3 aliphatic carbocycles. The van der Waals surface area contributed by atoms with E-state index in [0.29, 0.717) is 30.5 Å². The van der Waals surface area contributed by atoms with Crippen LogP contribution in [0.3, 0.4) is 0 Å². The second-order valence-electron chi connectivity index (χ2n) is 7.74. The first-order valence-corrected chi connectivity index (χ1v) is 8.07. The van der Waals surface area contributed by atoms with Gasteiger partial charge in [0.1, 0.15) is 11.6 Å². The van der Waals surface area contributed by atoms with E-state index in [4.69, 9.17) is 0 Å². The fourth-order valence-corrected chi connectivity index (χ4v) is 5.59. The van der Waals surface area contributed by atoms with Crippen LogP contribution < -0.4 is 0 Å². The third-order valence-corrected chi connectivity index (χ3v) is 6.82. The van der Waals surface area contributed by atoms with E-state index in [1.165, 1.54) is 0 Å². The zero-order valence-corrected chi connectivity index (χ0v) is 12.9. The summed E-state index contributed by atoms with van der Waals surface area (Å²) in [7, 11) is 0. The van der Waals surface area contributed by atoms with Crippen molar-refractivity contribution in [2.24, 2.45) is 28.6 Å². The lowest BCUT2D eigenvalue weighted by Gasteiger charge is -2.53. The Hall–Kier alpha value is -1.19. The van der Waals surface area contributed by atoms with Crippen LogP contribution in [0.1, 0.15) is 58.8 Å². The van der Waals surface area contributed by atoms with Crippen LogP contribution in [0.15, 0.2) is 0 Å². The molecule has 0 heterocycles. The molecule has 0 aliphatic heterocycles. The zero-order valence-electron chi connectivity index (χ0n) is 12.9. The van der Waals surface area contributed by atoms with Gasteiger partial charge in [-0.1, -0.05) is 13.8 Å². The van der Waals surface area contributed by atoms with Crippen LogP contribution in [-0.4, -0.2) is 22.6 Å². The van der Waals surface area contributed by atoms with Crippen molar-refractivity contribution in [1.29, 1.82) is 0 Å². The van der Waals surface area contributed by atoms with Gasteiger partial charge in [0.05, 0.1) is 6.42 Å². The maximum absolute atomic E-state index is 12.4. The molecule has 0 unspecified atom stereocenters. The Kier molecular flexibility index (Phi) is 3.26. The lowest BCUT2D eigenvalue weighted by molar-refractivity contribution is -0.156. The third-order valence-electron chi connectivity index (χ3n) is 6.82. The summed E-state index contributed by atoms with van der Waals surface area (Å²) in [6.45, 7) is 3.94. The van der Waals surface area contributed by atoms with Crippen molar-refractivity contribution in [1.82, 2.24) is 0 Å². The number of carbonyl (C=O) groups excluding carboxylic acids is 2. The molecule has 0 saturated heterocycles. The summed E-state index contributed by atoms with van der Waals surface area (Å²) in [6.07, 6.45) is 4.48. The number of hydrogen-bond donors (Lipinski definition) is 1. The molecule has 0 radical (unpaired) electrons. The minimum atomic E-state index is -0.887. The third kappa shape index (κ3) is 1.98. The van der Waals surface area contributed by atoms with Gasteiger partial charge in [-0.25, -0.2) is 0 Å². The predicted octanol–water partition coefficient (Wildman–Crippen LogP) is 2.84. The van der Waals surface area contributed by atoms with Crippen molar-refractivity contribution in [2.75, 3.05) is 0 Å². The Morgan fingerprint density at radius 2 is 1.76 bits per heavy atom. The Labute approximate surface area is 125 Å². The van der Waals surface area contributed by atoms with Gasteiger partial charge in [-0.05, 0) is 43.4 Å². The van der Waals surface area contributed by atoms with Crippen LogP contribution in [-0.2, 0) is 14.4 Å². The summed E-state index contributed by atoms with van der Waals surface area (Å²) in [4.78, 5) is 35.9. The highest BCUT2D eigenvalue weighted by atomic mass is 16.4. The van der Waals surface area contributed by atoms with Crippen LogP contribution in [0.4, 0.5) is 0 Å². The van der Waals surface area contributed by atoms with Gasteiger partial charge in [0.2, 0.25) is 0 Å². The zero-order chi connectivity index (χ0) is 15.4. The fraction of sp³-hybridized carbons (Fsp3) is 0.824. The monoisotopic (exact) mass is 292 g/mol. The Balaban J connectivity index is 1.94. The van der Waals surface area contributed by atoms with Gasteiger partial charge >= 0.3 is 5.97 Å². The van der Waals surface area contributed by atoms with Crippen LogP contribution in [0, 0.1) is 28.6 Å². The van der Waals surface area contributed by atoms with E-state index in [-0.39, 0.29) is 23.5 Å². The second kappa shape index (κ2) is 4.65. The summed E-state index contributed by atoms with van der Waals surface area (Å²) in [5, 5.41) is 9.21. The van der Waals surface area contributed by atoms with Crippen LogP contribution in [0.2, 0.25) is 0 Å². The molecular weight excluding hydrogens is 268 g/mol. The van der Waals surface area contributed by atoms with E-state index < -0.39 is 11.4 Å². The van der Waals surface area contributed by atoms with Gasteiger partial charge in [-0.15, -0.1) is 0 Å². The van der Waals surface area contributed by atoms with E-state index >= 15 is 0 Å². The van der Waals surface area contributed by atoms with E-state index in [1.807, 2.05) is 6.92 Å². The van der Waals surface area contributed by atoms with Crippen molar-refractivity contribution in [3.05, 3.63) is 0 Å². The van der Waals surface area contributed by atoms with Crippen molar-refractivity contribution in [3.63, 3.8) is 0 Å². The van der Waals surface area contributed by atoms with E-state index in [2.05, 4.69) is 6.92 Å². The van der Waals surface area contributed by atoms with Crippen molar-refractivity contribution in [3.8, 4) is 0 Å². The largest absolute Gasteiger partial charge is 0.481 e. The highest BCUT2D eigenvalue weighted by molar-refractivity contribution is 5.90. The number of rotatable bonds is 2. The molecule has 4 heteroatoms. The number of carbonyl (C=O) groups is 3. The van der Waals surface area contributed by atoms with Crippen LogP contribution in [0.5, 0.6) is 0 Å². The van der Waals surface area contributed by atoms with Crippen molar-refractivity contribution >= 4 is 17.5 Å². The average Bonchev–Trinajstić information content (AvgIpc) is 2.70. The van der Waals surface area contributed by atoms with E-state index in [1.54, 1.807) is 0 Å². The molecule has 0 spiro atoms. The first kappa shape index (κ1) is 14.7. The Bertz CT molecular complexity index is 511. The number of ketones is 2. The van der Waals surface area contributed by atoms with E-state index in [9.17, 15) is 19.5 Å². The Morgan fingerprint density at radius 3 is 2.43 bits per heavy atom. The number of carboxylic acid groups (broad SMARTS) is 1. The maximum atomic E-state index is 12.4. The molecule has 3 saturated carbocycles. The van der Waals surface area contributed by atoms with Gasteiger partial charge in [0.25, 0.3) is 0 Å². The van der Waals surface area contributed by atoms with Gasteiger partial charge in [-0.2, -0.15) is 0 Å². The van der Waals surface area contributed by atoms with Crippen LogP contribution >= 0.6 is 0 Å². The smallest absolute Gasteiger partial charge is 0.304 e. The highest BCUT2D eigenvalue weighted by Gasteiger charge is 2.59. The summed E-state index contributed by atoms with van der Waals surface area (Å²) < 4.78 is 0. The molecular formula is C17H24O4. The minimum Gasteiger partial charge on any atom is -0.481 e. The summed E-state index contributed by atoms with van der Waals surface area (Å²) in [5.74, 6) is 0.435. The molecule has 21 heavy (non-hydrogen) atoms. The summed E-state index contributed by atoms with van der Waals surface area (Å²) in [6, 6.07) is 0. The van der Waals surface area contributed by atoms with Gasteiger partial charge in [0.15, 0.2) is 0 Å². The number of hydrogen-bond acceptors (Lipinski definition) is 3. The number of aliphatic carboxylic acids is 1. The molecule has 0 bridgehead atoms. The maximum Gasteiger partial charge on any atom is 0.304 e. The van der Waals surface area contributed by atoms with Gasteiger partial charge in [-0.3, -0.25) is 14.4 Å². The van der Waals surface area contributed by atoms with E-state index in [0.717, 1.165) is 25.7 Å². The molecule has 5 atom stereocenters. The Morgan fingerprint density at radius 1 is 1.10 bits per heavy atom. The first-order valence-electron chi connectivity index (χ1n) is 8.07. The normalized spacial score (nSPS) is 46.1. The quantitative estimate of drug-likeness (QED) is 0.849. The van der Waals surface area contributed by atoms with Crippen molar-refractivity contribution in [2.45, 2.75) is 58.8 Å². The summed E-state index contributed by atoms with van der Waals surface area (Å²) in [5.41, 5.74) is -0.951. The lowest BCUT2D eigenvalue weighted by atomic mass is 9.49. The molecule has 0 aromatic heterocycles. The fourth-order valence-electron chi connectivity index (χ4n) is 5.59. The topological polar surface area (TPSA) is 71.4 Å². The molecule has 116 valence electrons. The van der Waals surface area contributed by atoms with Crippen LogP contribution in [0.25, 0.3) is 0 Å². The first-order chi connectivity index (χ1) is 9.79. The molecule has 3 aliphatic rings. The standard InChI is InChI=1S/C17H24O4/c1-16-8-7-12-10(11(16)4-6-13(16)18)3-5-14(19)17(12,2)9-15(20)21/h10-12H,3-9H2,1-2H3,(H,20,21)/t10-,11-,12-,16-,17+/m0/s1. The second-order valence-corrected chi connectivity index (χ2v) is 7.74. The van der Waals surface area contributed by atoms with Gasteiger partial charge in [0, 0.05) is 23.7 Å². The molecule has 1 N–H and O–H groups in total. The molecule has 3 fully saturated rings. The average molecular weight is 292 g/mol. The van der Waals surface area contributed by atoms with Crippen molar-refractivity contribution < 1.29 is 19.5 Å². The SMILES string of the molecule is C[C@]1(CC(=O)O)C(=O)CC[C@@H]2[C@@H]1CC[C@]1(C)C(=O)CC[C@@H]21. The molecule has 0 amide bonds. The highest BCUT2D eigenvalue weighted by Crippen LogP contribution is 2.61.